The van der Waals surface area contributed by atoms with Crippen LogP contribution in [0.5, 0.6) is 11.5 Å². The lowest BCUT2D eigenvalue weighted by Gasteiger charge is -2.12. The SMILES string of the molecule is CC(c1ccc(O)cc1)c1ccc(O)cc1.c1ccc2cc3ccccc3cc2c1. The van der Waals surface area contributed by atoms with Crippen molar-refractivity contribution in [1.29, 1.82) is 0 Å². The number of benzene rings is 5. The molecule has 0 bridgehead atoms. The van der Waals surface area contributed by atoms with Crippen molar-refractivity contribution in [2.75, 3.05) is 0 Å². The minimum Gasteiger partial charge on any atom is -0.508 e. The Labute approximate surface area is 176 Å². The fourth-order valence-electron chi connectivity index (χ4n) is 3.60. The third-order valence-corrected chi connectivity index (χ3v) is 5.40. The number of phenols is 2. The quantitative estimate of drug-likeness (QED) is 0.311. The Morgan fingerprint density at radius 1 is 0.467 bits per heavy atom. The molecule has 0 radical (unpaired) electrons. The number of phenolic OH excluding ortho intramolecular Hbond substituents is 2. The normalized spacial score (nSPS) is 10.7. The maximum atomic E-state index is 9.21. The summed E-state index contributed by atoms with van der Waals surface area (Å²) in [6.45, 7) is 2.10. The number of fused-ring (bicyclic) bond motifs is 2. The number of aromatic hydroxyl groups is 2. The van der Waals surface area contributed by atoms with Crippen LogP contribution in [0.2, 0.25) is 0 Å². The molecule has 5 aromatic carbocycles. The molecule has 0 heterocycles. The first-order chi connectivity index (χ1) is 14.6. The Bertz CT molecular complexity index is 1110. The van der Waals surface area contributed by atoms with Crippen LogP contribution in [0.1, 0.15) is 24.0 Å². The van der Waals surface area contributed by atoms with E-state index in [1.807, 2.05) is 24.3 Å². The van der Waals surface area contributed by atoms with Crippen molar-refractivity contribution in [2.24, 2.45) is 0 Å². The average Bonchev–Trinajstić information content (AvgIpc) is 2.79. The molecule has 0 aliphatic rings. The zero-order valence-electron chi connectivity index (χ0n) is 16.9. The molecule has 2 N–H and O–H groups in total. The highest BCUT2D eigenvalue weighted by atomic mass is 16.3. The van der Waals surface area contributed by atoms with Crippen LogP contribution in [0.15, 0.2) is 109 Å². The van der Waals surface area contributed by atoms with Crippen molar-refractivity contribution in [1.82, 2.24) is 0 Å². The van der Waals surface area contributed by atoms with Gasteiger partial charge >= 0.3 is 0 Å². The lowest BCUT2D eigenvalue weighted by Crippen LogP contribution is -1.94. The smallest absolute Gasteiger partial charge is 0.115 e. The first-order valence-corrected chi connectivity index (χ1v) is 10.1. The highest BCUT2D eigenvalue weighted by molar-refractivity contribution is 5.98. The van der Waals surface area contributed by atoms with Crippen LogP contribution >= 0.6 is 0 Å². The maximum Gasteiger partial charge on any atom is 0.115 e. The predicted octanol–water partition coefficient (Wildman–Crippen LogP) is 7.24. The molecule has 0 amide bonds. The van der Waals surface area contributed by atoms with Gasteiger partial charge in [0.25, 0.3) is 0 Å². The fourth-order valence-corrected chi connectivity index (χ4v) is 3.60. The van der Waals surface area contributed by atoms with Crippen molar-refractivity contribution in [3.05, 3.63) is 120 Å². The molecule has 0 atom stereocenters. The average molecular weight is 392 g/mol. The molecule has 0 aromatic heterocycles. The van der Waals surface area contributed by atoms with E-state index in [1.165, 1.54) is 21.5 Å². The number of rotatable bonds is 2. The van der Waals surface area contributed by atoms with Crippen LogP contribution in [0, 0.1) is 0 Å². The molecule has 0 unspecified atom stereocenters. The van der Waals surface area contributed by atoms with E-state index in [1.54, 1.807) is 24.3 Å². The molecular weight excluding hydrogens is 368 g/mol. The van der Waals surface area contributed by atoms with Gasteiger partial charge < -0.3 is 10.2 Å². The van der Waals surface area contributed by atoms with E-state index in [4.69, 9.17) is 0 Å². The molecular formula is C28H24O2. The van der Waals surface area contributed by atoms with E-state index >= 15 is 0 Å². The summed E-state index contributed by atoms with van der Waals surface area (Å²) in [6.07, 6.45) is 0. The van der Waals surface area contributed by atoms with E-state index in [0.717, 1.165) is 11.1 Å². The number of hydrogen-bond acceptors (Lipinski definition) is 2. The summed E-state index contributed by atoms with van der Waals surface area (Å²) in [6, 6.07) is 35.8. The Balaban J connectivity index is 0.000000146. The zero-order chi connectivity index (χ0) is 20.9. The molecule has 0 saturated heterocycles. The van der Waals surface area contributed by atoms with Gasteiger partial charge in [-0.1, -0.05) is 79.7 Å². The first kappa shape index (κ1) is 19.5. The minimum atomic E-state index is 0.251. The number of hydrogen-bond donors (Lipinski definition) is 2. The fraction of sp³-hybridized carbons (Fsp3) is 0.0714. The van der Waals surface area contributed by atoms with E-state index in [9.17, 15) is 10.2 Å². The van der Waals surface area contributed by atoms with Gasteiger partial charge in [0.1, 0.15) is 11.5 Å². The summed E-state index contributed by atoms with van der Waals surface area (Å²) in [5.41, 5.74) is 2.28. The van der Waals surface area contributed by atoms with Gasteiger partial charge in [-0.25, -0.2) is 0 Å². The van der Waals surface area contributed by atoms with Crippen molar-refractivity contribution >= 4 is 21.5 Å². The highest BCUT2D eigenvalue weighted by Crippen LogP contribution is 2.26. The van der Waals surface area contributed by atoms with Gasteiger partial charge in [0.2, 0.25) is 0 Å². The Kier molecular flexibility index (Phi) is 5.67. The third kappa shape index (κ3) is 4.44. The summed E-state index contributed by atoms with van der Waals surface area (Å²) in [5.74, 6) is 0.810. The summed E-state index contributed by atoms with van der Waals surface area (Å²) >= 11 is 0. The largest absolute Gasteiger partial charge is 0.508 e. The molecule has 5 rings (SSSR count). The minimum absolute atomic E-state index is 0.251. The predicted molar refractivity (Wildman–Crippen MR) is 125 cm³/mol. The molecule has 0 saturated carbocycles. The van der Waals surface area contributed by atoms with E-state index in [-0.39, 0.29) is 17.4 Å². The van der Waals surface area contributed by atoms with Gasteiger partial charge in [0.05, 0.1) is 0 Å². The molecule has 5 aromatic rings. The summed E-state index contributed by atoms with van der Waals surface area (Å²) in [4.78, 5) is 0. The van der Waals surface area contributed by atoms with Crippen molar-refractivity contribution in [3.8, 4) is 11.5 Å². The zero-order valence-corrected chi connectivity index (χ0v) is 16.9. The van der Waals surface area contributed by atoms with E-state index in [0.29, 0.717) is 0 Å². The Morgan fingerprint density at radius 2 is 0.767 bits per heavy atom. The van der Waals surface area contributed by atoms with Gasteiger partial charge in [-0.15, -0.1) is 0 Å². The van der Waals surface area contributed by atoms with Crippen LogP contribution in [-0.2, 0) is 0 Å². The van der Waals surface area contributed by atoms with Crippen LogP contribution in [-0.4, -0.2) is 10.2 Å². The Morgan fingerprint density at radius 3 is 1.07 bits per heavy atom. The molecule has 0 spiro atoms. The van der Waals surface area contributed by atoms with Crippen molar-refractivity contribution in [3.63, 3.8) is 0 Å². The van der Waals surface area contributed by atoms with Gasteiger partial charge in [-0.2, -0.15) is 0 Å². The molecule has 148 valence electrons. The highest BCUT2D eigenvalue weighted by Gasteiger charge is 2.07. The second-order valence-electron chi connectivity index (χ2n) is 7.45. The van der Waals surface area contributed by atoms with Gasteiger partial charge in [0.15, 0.2) is 0 Å². The van der Waals surface area contributed by atoms with Crippen LogP contribution in [0.3, 0.4) is 0 Å². The van der Waals surface area contributed by atoms with Crippen LogP contribution in [0.4, 0.5) is 0 Å². The molecule has 2 heteroatoms. The molecule has 0 aliphatic carbocycles. The van der Waals surface area contributed by atoms with Gasteiger partial charge in [-0.3, -0.25) is 0 Å². The second kappa shape index (κ2) is 8.71. The summed E-state index contributed by atoms with van der Waals surface area (Å²) in [5, 5.41) is 23.7. The first-order valence-electron chi connectivity index (χ1n) is 10.1. The summed E-state index contributed by atoms with van der Waals surface area (Å²) in [7, 11) is 0. The molecule has 0 fully saturated rings. The standard InChI is InChI=1S/C14H14O2.C14H10/c1-10(11-2-6-13(15)7-3-11)12-4-8-14(16)9-5-12;1-2-6-12-10-14-8-4-3-7-13(14)9-11(12)5-1/h2-10,15-16H,1H3;1-10H. The summed E-state index contributed by atoms with van der Waals surface area (Å²) < 4.78 is 0. The second-order valence-corrected chi connectivity index (χ2v) is 7.45. The molecule has 2 nitrogen and oxygen atoms in total. The van der Waals surface area contributed by atoms with Crippen molar-refractivity contribution < 1.29 is 10.2 Å². The van der Waals surface area contributed by atoms with Gasteiger partial charge in [-0.05, 0) is 69.1 Å². The van der Waals surface area contributed by atoms with Gasteiger partial charge in [0, 0.05) is 5.92 Å². The van der Waals surface area contributed by atoms with Crippen molar-refractivity contribution in [2.45, 2.75) is 12.8 Å². The molecule has 30 heavy (non-hydrogen) atoms. The Hall–Kier alpha value is -3.78. The van der Waals surface area contributed by atoms with Crippen LogP contribution in [0.25, 0.3) is 21.5 Å². The van der Waals surface area contributed by atoms with E-state index < -0.39 is 0 Å². The monoisotopic (exact) mass is 392 g/mol. The lowest BCUT2D eigenvalue weighted by molar-refractivity contribution is 0.475. The molecule has 0 aliphatic heterocycles. The van der Waals surface area contributed by atoms with E-state index in [2.05, 4.69) is 67.6 Å². The topological polar surface area (TPSA) is 40.5 Å². The maximum absolute atomic E-state index is 9.21. The lowest BCUT2D eigenvalue weighted by atomic mass is 9.93. The third-order valence-electron chi connectivity index (χ3n) is 5.40. The van der Waals surface area contributed by atoms with Crippen LogP contribution < -0.4 is 0 Å².